The molecule has 0 radical (unpaired) electrons. The van der Waals surface area contributed by atoms with Gasteiger partial charge in [0, 0.05) is 32.2 Å². The van der Waals surface area contributed by atoms with Gasteiger partial charge in [-0.3, -0.25) is 4.79 Å². The minimum Gasteiger partial charge on any atom is -0.377 e. The number of anilines is 1. The molecule has 1 aromatic heterocycles. The molecule has 4 heteroatoms. The van der Waals surface area contributed by atoms with Crippen LogP contribution in [-0.4, -0.2) is 29.8 Å². The number of hydrogen-bond acceptors (Lipinski definition) is 3. The van der Waals surface area contributed by atoms with Gasteiger partial charge in [-0.15, -0.1) is 0 Å². The molecule has 0 atom stereocenters. The van der Waals surface area contributed by atoms with Crippen LogP contribution < -0.4 is 4.90 Å². The number of carbonyl (C=O) groups is 1. The predicted molar refractivity (Wildman–Crippen MR) is 62.7 cm³/mol. The van der Waals surface area contributed by atoms with Gasteiger partial charge < -0.3 is 4.90 Å². The van der Waals surface area contributed by atoms with Crippen LogP contribution >= 0.6 is 0 Å². The van der Waals surface area contributed by atoms with E-state index in [1.165, 1.54) is 4.68 Å². The Labute approximate surface area is 94.1 Å². The van der Waals surface area contributed by atoms with E-state index in [0.29, 0.717) is 5.56 Å². The van der Waals surface area contributed by atoms with Gasteiger partial charge in [-0.25, -0.2) is 4.68 Å². The molecule has 1 aromatic carbocycles. The third-order valence-corrected chi connectivity index (χ3v) is 2.33. The van der Waals surface area contributed by atoms with Crippen LogP contribution in [0, 0.1) is 0 Å². The Balaban J connectivity index is 2.44. The monoisotopic (exact) mass is 215 g/mol. The van der Waals surface area contributed by atoms with Crippen molar-refractivity contribution in [2.24, 2.45) is 0 Å². The van der Waals surface area contributed by atoms with Crippen LogP contribution in [0.5, 0.6) is 0 Å². The molecule has 0 saturated carbocycles. The fourth-order valence-electron chi connectivity index (χ4n) is 1.56. The first-order chi connectivity index (χ1) is 7.70. The number of rotatable bonds is 2. The number of nitrogens with zero attached hydrogens (tertiary/aromatic N) is 3. The maximum Gasteiger partial charge on any atom is 0.280 e. The molecule has 16 heavy (non-hydrogen) atoms. The number of aromatic nitrogens is 2. The van der Waals surface area contributed by atoms with Gasteiger partial charge in [0.2, 0.25) is 0 Å². The lowest BCUT2D eigenvalue weighted by molar-refractivity contribution is 0.0945. The SMILES string of the molecule is CN(C)c1ccccc1C(=O)n1cccn1. The highest BCUT2D eigenvalue weighted by Gasteiger charge is 2.13. The lowest BCUT2D eigenvalue weighted by Gasteiger charge is -2.16. The average molecular weight is 215 g/mol. The maximum atomic E-state index is 12.1. The van der Waals surface area contributed by atoms with Crippen LogP contribution in [0.4, 0.5) is 5.69 Å². The van der Waals surface area contributed by atoms with Crippen molar-refractivity contribution in [2.45, 2.75) is 0 Å². The van der Waals surface area contributed by atoms with Crippen LogP contribution in [0.3, 0.4) is 0 Å². The number of para-hydroxylation sites is 1. The van der Waals surface area contributed by atoms with Gasteiger partial charge in [0.25, 0.3) is 5.91 Å². The minimum atomic E-state index is -0.116. The van der Waals surface area contributed by atoms with Crippen molar-refractivity contribution < 1.29 is 4.79 Å². The zero-order valence-electron chi connectivity index (χ0n) is 9.29. The van der Waals surface area contributed by atoms with E-state index in [-0.39, 0.29) is 5.91 Å². The van der Waals surface area contributed by atoms with Gasteiger partial charge in [-0.05, 0) is 18.2 Å². The van der Waals surface area contributed by atoms with E-state index in [0.717, 1.165) is 5.69 Å². The zero-order chi connectivity index (χ0) is 11.5. The molecule has 0 bridgehead atoms. The quantitative estimate of drug-likeness (QED) is 0.764. The molecule has 2 rings (SSSR count). The smallest absolute Gasteiger partial charge is 0.280 e. The first-order valence-corrected chi connectivity index (χ1v) is 5.01. The van der Waals surface area contributed by atoms with Gasteiger partial charge in [0.1, 0.15) is 0 Å². The van der Waals surface area contributed by atoms with E-state index in [2.05, 4.69) is 5.10 Å². The first kappa shape index (κ1) is 10.4. The number of benzene rings is 1. The summed E-state index contributed by atoms with van der Waals surface area (Å²) in [5, 5.41) is 3.94. The summed E-state index contributed by atoms with van der Waals surface area (Å²) in [6.45, 7) is 0. The standard InChI is InChI=1S/C12H13N3O/c1-14(2)11-7-4-3-6-10(11)12(16)15-9-5-8-13-15/h3-9H,1-2H3. The van der Waals surface area contributed by atoms with Crippen molar-refractivity contribution in [3.8, 4) is 0 Å². The molecule has 0 fully saturated rings. The predicted octanol–water partition coefficient (Wildman–Crippen LogP) is 1.64. The Hall–Kier alpha value is -2.10. The van der Waals surface area contributed by atoms with Crippen molar-refractivity contribution in [1.82, 2.24) is 9.78 Å². The lowest BCUT2D eigenvalue weighted by atomic mass is 10.1. The van der Waals surface area contributed by atoms with Gasteiger partial charge in [0.05, 0.1) is 5.56 Å². The van der Waals surface area contributed by atoms with E-state index in [4.69, 9.17) is 0 Å². The Morgan fingerprint density at radius 3 is 2.62 bits per heavy atom. The molecule has 0 spiro atoms. The van der Waals surface area contributed by atoms with E-state index in [1.54, 1.807) is 24.5 Å². The zero-order valence-corrected chi connectivity index (χ0v) is 9.29. The second-order valence-electron chi connectivity index (χ2n) is 3.67. The summed E-state index contributed by atoms with van der Waals surface area (Å²) >= 11 is 0. The summed E-state index contributed by atoms with van der Waals surface area (Å²) in [6.07, 6.45) is 3.24. The largest absolute Gasteiger partial charge is 0.377 e. The fourth-order valence-corrected chi connectivity index (χ4v) is 1.56. The summed E-state index contributed by atoms with van der Waals surface area (Å²) in [6, 6.07) is 9.21. The third-order valence-electron chi connectivity index (χ3n) is 2.33. The van der Waals surface area contributed by atoms with Crippen LogP contribution in [0.1, 0.15) is 10.4 Å². The van der Waals surface area contributed by atoms with Crippen molar-refractivity contribution >= 4 is 11.6 Å². The van der Waals surface area contributed by atoms with Gasteiger partial charge in [0.15, 0.2) is 0 Å². The normalized spacial score (nSPS) is 10.1. The Morgan fingerprint density at radius 2 is 2.00 bits per heavy atom. The van der Waals surface area contributed by atoms with Crippen molar-refractivity contribution in [3.05, 3.63) is 48.3 Å². The van der Waals surface area contributed by atoms with E-state index >= 15 is 0 Å². The Bertz CT molecular complexity index is 489. The Kier molecular flexibility index (Phi) is 2.72. The topological polar surface area (TPSA) is 38.1 Å². The van der Waals surface area contributed by atoms with Gasteiger partial charge in [-0.2, -0.15) is 5.10 Å². The molecule has 0 N–H and O–H groups in total. The highest BCUT2D eigenvalue weighted by molar-refractivity contribution is 6.00. The lowest BCUT2D eigenvalue weighted by Crippen LogP contribution is -2.18. The molecule has 4 nitrogen and oxygen atoms in total. The molecule has 0 aliphatic carbocycles. The summed E-state index contributed by atoms with van der Waals surface area (Å²) < 4.78 is 1.34. The molecule has 0 saturated heterocycles. The molecule has 2 aromatic rings. The first-order valence-electron chi connectivity index (χ1n) is 5.01. The summed E-state index contributed by atoms with van der Waals surface area (Å²) in [7, 11) is 3.82. The fraction of sp³-hybridized carbons (Fsp3) is 0.167. The van der Waals surface area contributed by atoms with Crippen molar-refractivity contribution in [3.63, 3.8) is 0 Å². The molecule has 0 unspecified atom stereocenters. The highest BCUT2D eigenvalue weighted by Crippen LogP contribution is 2.18. The average Bonchev–Trinajstić information content (AvgIpc) is 2.81. The summed E-state index contributed by atoms with van der Waals surface area (Å²) in [5.41, 5.74) is 1.54. The second-order valence-corrected chi connectivity index (χ2v) is 3.67. The number of hydrogen-bond donors (Lipinski definition) is 0. The Morgan fingerprint density at radius 1 is 1.25 bits per heavy atom. The van der Waals surface area contributed by atoms with E-state index in [9.17, 15) is 4.79 Å². The molecule has 1 heterocycles. The van der Waals surface area contributed by atoms with Crippen molar-refractivity contribution in [1.29, 1.82) is 0 Å². The molecular formula is C12H13N3O. The maximum absolute atomic E-state index is 12.1. The van der Waals surface area contributed by atoms with Gasteiger partial charge >= 0.3 is 0 Å². The van der Waals surface area contributed by atoms with E-state index in [1.807, 2.05) is 37.2 Å². The summed E-state index contributed by atoms with van der Waals surface area (Å²) in [5.74, 6) is -0.116. The van der Waals surface area contributed by atoms with E-state index < -0.39 is 0 Å². The number of carbonyl (C=O) groups excluding carboxylic acids is 1. The van der Waals surface area contributed by atoms with Crippen molar-refractivity contribution in [2.75, 3.05) is 19.0 Å². The summed E-state index contributed by atoms with van der Waals surface area (Å²) in [4.78, 5) is 14.0. The minimum absolute atomic E-state index is 0.116. The second kappa shape index (κ2) is 4.18. The highest BCUT2D eigenvalue weighted by atomic mass is 16.2. The molecule has 0 aliphatic heterocycles. The molecular weight excluding hydrogens is 202 g/mol. The van der Waals surface area contributed by atoms with Crippen LogP contribution in [-0.2, 0) is 0 Å². The van der Waals surface area contributed by atoms with Gasteiger partial charge in [-0.1, -0.05) is 12.1 Å². The van der Waals surface area contributed by atoms with Crippen LogP contribution in [0.2, 0.25) is 0 Å². The third kappa shape index (κ3) is 1.82. The molecule has 0 aliphatic rings. The van der Waals surface area contributed by atoms with Crippen LogP contribution in [0.25, 0.3) is 0 Å². The van der Waals surface area contributed by atoms with Crippen LogP contribution in [0.15, 0.2) is 42.7 Å². The molecule has 82 valence electrons. The molecule has 0 amide bonds.